The number of nitrogens with two attached hydrogens (primary N) is 2. The SMILES string of the molecule is C=C1CC1.C=O.COc1ccc(N)cc1OC.Cc1ccc(/C=C/C(=O)Nc2ccccc2N)cc1. The highest BCUT2D eigenvalue weighted by Gasteiger charge is 2.04. The van der Waals surface area contributed by atoms with E-state index in [1.807, 2.05) is 50.1 Å². The van der Waals surface area contributed by atoms with E-state index >= 15 is 0 Å². The van der Waals surface area contributed by atoms with Crippen molar-refractivity contribution in [2.24, 2.45) is 0 Å². The highest BCUT2D eigenvalue weighted by molar-refractivity contribution is 6.03. The third-order valence-corrected chi connectivity index (χ3v) is 4.73. The molecule has 1 aliphatic rings. The molecule has 190 valence electrons. The molecule has 3 aromatic rings. The second-order valence-corrected chi connectivity index (χ2v) is 7.68. The number of para-hydroxylation sites is 2. The predicted molar refractivity (Wildman–Crippen MR) is 149 cm³/mol. The van der Waals surface area contributed by atoms with Crippen LogP contribution in [-0.4, -0.2) is 26.9 Å². The highest BCUT2D eigenvalue weighted by atomic mass is 16.5. The number of allylic oxidation sites excluding steroid dienone is 1. The van der Waals surface area contributed by atoms with Crippen LogP contribution >= 0.6 is 0 Å². The fourth-order valence-electron chi connectivity index (χ4n) is 2.58. The van der Waals surface area contributed by atoms with Crippen molar-refractivity contribution in [3.05, 3.63) is 96.1 Å². The molecule has 1 amide bonds. The van der Waals surface area contributed by atoms with Gasteiger partial charge in [0, 0.05) is 17.8 Å². The van der Waals surface area contributed by atoms with Crippen LogP contribution in [0.1, 0.15) is 24.0 Å². The molecule has 1 aliphatic carbocycles. The Bertz CT molecular complexity index is 1140. The Labute approximate surface area is 213 Å². The Balaban J connectivity index is 0.000000319. The van der Waals surface area contributed by atoms with Crippen LogP contribution in [0, 0.1) is 6.92 Å². The molecular weight excluding hydrogens is 454 g/mol. The van der Waals surface area contributed by atoms with Gasteiger partial charge >= 0.3 is 0 Å². The van der Waals surface area contributed by atoms with Crippen molar-refractivity contribution < 1.29 is 19.1 Å². The van der Waals surface area contributed by atoms with Gasteiger partial charge in [-0.15, -0.1) is 0 Å². The van der Waals surface area contributed by atoms with Gasteiger partial charge in [0.15, 0.2) is 11.5 Å². The summed E-state index contributed by atoms with van der Waals surface area (Å²) >= 11 is 0. The summed E-state index contributed by atoms with van der Waals surface area (Å²) in [6, 6.07) is 20.4. The molecule has 4 rings (SSSR count). The molecule has 1 saturated carbocycles. The first-order valence-electron chi connectivity index (χ1n) is 11.2. The zero-order chi connectivity index (χ0) is 26.9. The van der Waals surface area contributed by atoms with E-state index < -0.39 is 0 Å². The topological polar surface area (TPSA) is 117 Å². The number of carbonyl (C=O) groups excluding carboxylic acids is 2. The summed E-state index contributed by atoms with van der Waals surface area (Å²) in [7, 11) is 3.17. The van der Waals surface area contributed by atoms with Crippen LogP contribution in [0.25, 0.3) is 6.08 Å². The summed E-state index contributed by atoms with van der Waals surface area (Å²) in [6.45, 7) is 7.69. The van der Waals surface area contributed by atoms with Gasteiger partial charge in [-0.1, -0.05) is 54.1 Å². The first kappa shape index (κ1) is 29.5. The first-order chi connectivity index (χ1) is 17.3. The molecule has 0 radical (unpaired) electrons. The average Bonchev–Trinajstić information content (AvgIpc) is 3.69. The lowest BCUT2D eigenvalue weighted by Gasteiger charge is -2.06. The number of hydrogen-bond donors (Lipinski definition) is 3. The van der Waals surface area contributed by atoms with Crippen molar-refractivity contribution in [1.29, 1.82) is 0 Å². The smallest absolute Gasteiger partial charge is 0.248 e. The van der Waals surface area contributed by atoms with Crippen LogP contribution in [0.15, 0.2) is 85.0 Å². The van der Waals surface area contributed by atoms with Crippen molar-refractivity contribution in [3.63, 3.8) is 0 Å². The molecule has 0 aliphatic heterocycles. The van der Waals surface area contributed by atoms with Gasteiger partial charge in [-0.2, -0.15) is 0 Å². The molecule has 0 aromatic heterocycles. The molecule has 0 atom stereocenters. The first-order valence-corrected chi connectivity index (χ1v) is 11.2. The second-order valence-electron chi connectivity index (χ2n) is 7.68. The van der Waals surface area contributed by atoms with Gasteiger partial charge in [-0.05, 0) is 55.7 Å². The fraction of sp³-hybridized carbons (Fsp3) is 0.172. The summed E-state index contributed by atoms with van der Waals surface area (Å²) < 4.78 is 10.0. The van der Waals surface area contributed by atoms with Crippen LogP contribution in [0.2, 0.25) is 0 Å². The van der Waals surface area contributed by atoms with Gasteiger partial charge in [0.1, 0.15) is 6.79 Å². The van der Waals surface area contributed by atoms with Crippen molar-refractivity contribution in [2.45, 2.75) is 19.8 Å². The quantitative estimate of drug-likeness (QED) is 0.242. The number of nitrogen functional groups attached to an aromatic ring is 2. The van der Waals surface area contributed by atoms with E-state index in [-0.39, 0.29) is 5.91 Å². The number of aryl methyl sites for hydroxylation is 1. The molecule has 7 heteroatoms. The summed E-state index contributed by atoms with van der Waals surface area (Å²) in [5.41, 5.74) is 16.7. The molecule has 7 nitrogen and oxygen atoms in total. The number of rotatable bonds is 5. The lowest BCUT2D eigenvalue weighted by atomic mass is 10.1. The number of benzene rings is 3. The van der Waals surface area contributed by atoms with Gasteiger partial charge in [0.05, 0.1) is 25.6 Å². The summed E-state index contributed by atoms with van der Waals surface area (Å²) in [5, 5.41) is 2.74. The van der Waals surface area contributed by atoms with E-state index in [0.717, 1.165) is 5.56 Å². The third kappa shape index (κ3) is 11.6. The second kappa shape index (κ2) is 16.2. The molecule has 36 heavy (non-hydrogen) atoms. The zero-order valence-electron chi connectivity index (χ0n) is 21.1. The van der Waals surface area contributed by atoms with Crippen LogP contribution in [0.5, 0.6) is 11.5 Å². The Kier molecular flexibility index (Phi) is 13.3. The van der Waals surface area contributed by atoms with Crippen LogP contribution in [-0.2, 0) is 9.59 Å². The summed E-state index contributed by atoms with van der Waals surface area (Å²) in [4.78, 5) is 19.8. The van der Waals surface area contributed by atoms with Gasteiger partial charge in [-0.3, -0.25) is 4.79 Å². The van der Waals surface area contributed by atoms with E-state index in [1.165, 1.54) is 30.1 Å². The Hall–Kier alpha value is -4.52. The van der Waals surface area contributed by atoms with Crippen molar-refractivity contribution in [3.8, 4) is 11.5 Å². The lowest BCUT2D eigenvalue weighted by Crippen LogP contribution is -2.09. The maximum absolute atomic E-state index is 11.8. The minimum absolute atomic E-state index is 0.196. The lowest BCUT2D eigenvalue weighted by molar-refractivity contribution is -0.111. The van der Waals surface area contributed by atoms with E-state index in [1.54, 1.807) is 50.6 Å². The normalized spacial score (nSPS) is 10.9. The summed E-state index contributed by atoms with van der Waals surface area (Å²) in [5.74, 6) is 1.16. The number of anilines is 3. The predicted octanol–water partition coefficient (Wildman–Crippen LogP) is 5.67. The average molecular weight is 490 g/mol. The molecule has 5 N–H and O–H groups in total. The van der Waals surface area contributed by atoms with E-state index in [9.17, 15) is 4.79 Å². The minimum Gasteiger partial charge on any atom is -0.493 e. The molecule has 1 fully saturated rings. The third-order valence-electron chi connectivity index (χ3n) is 4.73. The molecule has 3 aromatic carbocycles. The number of amides is 1. The van der Waals surface area contributed by atoms with Crippen LogP contribution in [0.3, 0.4) is 0 Å². The monoisotopic (exact) mass is 489 g/mol. The summed E-state index contributed by atoms with van der Waals surface area (Å²) in [6.07, 6.45) is 5.85. The number of carbonyl (C=O) groups is 2. The van der Waals surface area contributed by atoms with Gasteiger partial charge in [-0.25, -0.2) is 0 Å². The van der Waals surface area contributed by atoms with Crippen LogP contribution in [0.4, 0.5) is 17.1 Å². The Morgan fingerprint density at radius 2 is 1.50 bits per heavy atom. The molecule has 0 bridgehead atoms. The van der Waals surface area contributed by atoms with E-state index in [2.05, 4.69) is 11.9 Å². The molecule has 0 unspecified atom stereocenters. The standard InChI is InChI=1S/C16H16N2O.C8H11NO2.C4H6.CH2O/c1-12-6-8-13(9-7-12)10-11-16(19)18-15-5-3-2-4-14(15)17;1-10-7-4-3-6(9)5-8(7)11-2;1-4-2-3-4;1-2/h2-11H,17H2,1H3,(H,18,19);3-5H,9H2,1-2H3;1-3H2;1H2/b11-10+;;;. The highest BCUT2D eigenvalue weighted by Crippen LogP contribution is 2.28. The number of nitrogens with one attached hydrogen (secondary N) is 1. The van der Waals surface area contributed by atoms with Gasteiger partial charge < -0.3 is 31.1 Å². The maximum atomic E-state index is 11.8. The van der Waals surface area contributed by atoms with Crippen molar-refractivity contribution in [2.75, 3.05) is 31.0 Å². The maximum Gasteiger partial charge on any atom is 0.248 e. The minimum atomic E-state index is -0.196. The van der Waals surface area contributed by atoms with E-state index in [0.29, 0.717) is 28.6 Å². The molecule has 0 heterocycles. The van der Waals surface area contributed by atoms with Crippen LogP contribution < -0.4 is 26.3 Å². The largest absolute Gasteiger partial charge is 0.493 e. The van der Waals surface area contributed by atoms with Gasteiger partial charge in [0.25, 0.3) is 0 Å². The fourth-order valence-corrected chi connectivity index (χ4v) is 2.58. The van der Waals surface area contributed by atoms with Crippen molar-refractivity contribution >= 4 is 35.8 Å². The Morgan fingerprint density at radius 3 is 2.03 bits per heavy atom. The molecule has 0 spiro atoms. The van der Waals surface area contributed by atoms with E-state index in [4.69, 9.17) is 25.7 Å². The Morgan fingerprint density at radius 1 is 0.917 bits per heavy atom. The number of hydrogen-bond acceptors (Lipinski definition) is 6. The molecular formula is C29H35N3O4. The van der Waals surface area contributed by atoms with Gasteiger partial charge in [0.2, 0.25) is 5.91 Å². The molecule has 0 saturated heterocycles. The zero-order valence-corrected chi connectivity index (χ0v) is 21.1. The number of ether oxygens (including phenoxy) is 2. The number of methoxy groups -OCH3 is 2. The van der Waals surface area contributed by atoms with Crippen molar-refractivity contribution in [1.82, 2.24) is 0 Å².